The molecule has 1 amide bonds. The lowest BCUT2D eigenvalue weighted by molar-refractivity contribution is -0.114. The first-order valence-corrected chi connectivity index (χ1v) is 8.64. The fraction of sp³-hybridized carbons (Fsp3) is 0.294. The number of hydrogen-bond acceptors (Lipinski definition) is 6. The number of methoxy groups -OCH3 is 2. The molecule has 130 valence electrons. The van der Waals surface area contributed by atoms with Crippen LogP contribution in [0.15, 0.2) is 40.3 Å². The molecule has 0 saturated carbocycles. The molecule has 4 heterocycles. The summed E-state index contributed by atoms with van der Waals surface area (Å²) in [6.45, 7) is 0.275. The zero-order valence-electron chi connectivity index (χ0n) is 13.8. The van der Waals surface area contributed by atoms with E-state index in [0.717, 1.165) is 16.1 Å². The van der Waals surface area contributed by atoms with Crippen molar-refractivity contribution in [3.63, 3.8) is 0 Å². The van der Waals surface area contributed by atoms with Crippen LogP contribution in [0.4, 0.5) is 0 Å². The van der Waals surface area contributed by atoms with E-state index in [9.17, 15) is 4.79 Å². The summed E-state index contributed by atoms with van der Waals surface area (Å²) in [7, 11) is 3.10. The number of H-pyrrole nitrogens is 1. The normalized spacial score (nSPS) is 16.8. The van der Waals surface area contributed by atoms with Gasteiger partial charge in [-0.15, -0.1) is 11.3 Å². The second kappa shape index (κ2) is 6.47. The lowest BCUT2D eigenvalue weighted by Gasteiger charge is -2.27. The minimum Gasteiger partial charge on any atom is -0.467 e. The number of ether oxygens (including phenoxy) is 2. The maximum absolute atomic E-state index is 12.9. The third kappa shape index (κ3) is 2.58. The van der Waals surface area contributed by atoms with Gasteiger partial charge in [0.1, 0.15) is 11.8 Å². The number of aromatic nitrogens is 2. The van der Waals surface area contributed by atoms with Crippen molar-refractivity contribution >= 4 is 17.2 Å². The topological polar surface area (TPSA) is 80.6 Å². The van der Waals surface area contributed by atoms with Gasteiger partial charge in [-0.25, -0.2) is 0 Å². The molecule has 7 nitrogen and oxygen atoms in total. The van der Waals surface area contributed by atoms with Gasteiger partial charge < -0.3 is 18.8 Å². The summed E-state index contributed by atoms with van der Waals surface area (Å²) in [5.74, 6) is 0.506. The second-order valence-corrected chi connectivity index (χ2v) is 6.56. The largest absolute Gasteiger partial charge is 0.467 e. The summed E-state index contributed by atoms with van der Waals surface area (Å²) >= 11 is 1.59. The third-order valence-corrected chi connectivity index (χ3v) is 5.19. The predicted molar refractivity (Wildman–Crippen MR) is 91.3 cm³/mol. The Morgan fingerprint density at radius 2 is 2.20 bits per heavy atom. The van der Waals surface area contributed by atoms with Crippen LogP contribution in [0.25, 0.3) is 10.6 Å². The highest BCUT2D eigenvalue weighted by Gasteiger charge is 2.44. The van der Waals surface area contributed by atoms with Crippen molar-refractivity contribution in [1.82, 2.24) is 15.1 Å². The lowest BCUT2D eigenvalue weighted by atomic mass is 10.0. The van der Waals surface area contributed by atoms with Crippen LogP contribution in [0.5, 0.6) is 0 Å². The van der Waals surface area contributed by atoms with E-state index in [0.29, 0.717) is 11.5 Å². The molecule has 1 aliphatic heterocycles. The van der Waals surface area contributed by atoms with Gasteiger partial charge >= 0.3 is 0 Å². The van der Waals surface area contributed by atoms with Crippen LogP contribution in [0.1, 0.15) is 27.9 Å². The van der Waals surface area contributed by atoms with Crippen LogP contribution in [0.3, 0.4) is 0 Å². The number of carbonyl (C=O) groups excluding carboxylic acids is 1. The van der Waals surface area contributed by atoms with Gasteiger partial charge in [-0.1, -0.05) is 6.07 Å². The molecule has 1 aliphatic rings. The Bertz CT molecular complexity index is 853. The molecule has 0 aromatic carbocycles. The van der Waals surface area contributed by atoms with E-state index in [1.807, 2.05) is 29.6 Å². The molecule has 0 fully saturated rings. The van der Waals surface area contributed by atoms with E-state index in [-0.39, 0.29) is 18.5 Å². The highest BCUT2D eigenvalue weighted by Crippen LogP contribution is 2.43. The summed E-state index contributed by atoms with van der Waals surface area (Å²) in [5, 5.41) is 9.27. The van der Waals surface area contributed by atoms with Crippen molar-refractivity contribution in [3.05, 3.63) is 52.9 Å². The van der Waals surface area contributed by atoms with E-state index >= 15 is 0 Å². The number of hydrogen-bond donors (Lipinski definition) is 1. The smallest absolute Gasteiger partial charge is 0.275 e. The van der Waals surface area contributed by atoms with Gasteiger partial charge in [-0.3, -0.25) is 9.89 Å². The zero-order chi connectivity index (χ0) is 17.4. The zero-order valence-corrected chi connectivity index (χ0v) is 14.6. The second-order valence-electron chi connectivity index (χ2n) is 5.61. The van der Waals surface area contributed by atoms with Gasteiger partial charge in [0.2, 0.25) is 0 Å². The molecule has 1 N–H and O–H groups in total. The number of aromatic amines is 1. The summed E-state index contributed by atoms with van der Waals surface area (Å²) in [6.07, 6.45) is 1.07. The number of nitrogens with one attached hydrogen (secondary N) is 1. The predicted octanol–water partition coefficient (Wildman–Crippen LogP) is 2.90. The van der Waals surface area contributed by atoms with Gasteiger partial charge in [0.05, 0.1) is 23.4 Å². The first kappa shape index (κ1) is 16.1. The van der Waals surface area contributed by atoms with Crippen LogP contribution < -0.4 is 0 Å². The quantitative estimate of drug-likeness (QED) is 0.685. The van der Waals surface area contributed by atoms with Gasteiger partial charge in [0, 0.05) is 19.8 Å². The molecule has 3 aromatic rings. The van der Waals surface area contributed by atoms with Gasteiger partial charge in [-0.2, -0.15) is 5.10 Å². The number of carbonyl (C=O) groups is 1. The van der Waals surface area contributed by atoms with Crippen LogP contribution >= 0.6 is 11.3 Å². The maximum Gasteiger partial charge on any atom is 0.275 e. The average molecular weight is 359 g/mol. The number of thiophene rings is 1. The van der Waals surface area contributed by atoms with Gasteiger partial charge in [-0.05, 0) is 23.6 Å². The van der Waals surface area contributed by atoms with Gasteiger partial charge in [0.25, 0.3) is 5.91 Å². The van der Waals surface area contributed by atoms with E-state index in [2.05, 4.69) is 10.2 Å². The Labute approximate surface area is 148 Å². The number of fused-ring (bicyclic) bond motifs is 1. The summed E-state index contributed by atoms with van der Waals surface area (Å²) in [4.78, 5) is 15.6. The van der Waals surface area contributed by atoms with Crippen molar-refractivity contribution in [2.75, 3.05) is 20.8 Å². The molecule has 4 rings (SSSR count). The Hall–Kier alpha value is -2.42. The standard InChI is InChI=1S/C17H17N3O4S/c1-22-12(23-2)9-20-16(10-5-3-7-24-10)13-14(11-6-4-8-25-11)18-19-15(13)17(20)21/h3-8,12,16H,9H2,1-2H3,(H,18,19). The van der Waals surface area contributed by atoms with Crippen LogP contribution in [-0.2, 0) is 9.47 Å². The monoisotopic (exact) mass is 359 g/mol. The Kier molecular flexibility index (Phi) is 4.16. The lowest BCUT2D eigenvalue weighted by Crippen LogP contribution is -2.37. The SMILES string of the molecule is COC(CN1C(=O)c2n[nH]c(-c3cccs3)c2C1c1ccco1)OC. The molecule has 25 heavy (non-hydrogen) atoms. The third-order valence-electron chi connectivity index (χ3n) is 4.30. The molecular formula is C17H17N3O4S. The fourth-order valence-corrected chi connectivity index (χ4v) is 3.87. The molecule has 0 saturated heterocycles. The maximum atomic E-state index is 12.9. The first-order valence-electron chi connectivity index (χ1n) is 7.76. The number of furan rings is 1. The van der Waals surface area contributed by atoms with Crippen molar-refractivity contribution in [2.45, 2.75) is 12.3 Å². The van der Waals surface area contributed by atoms with Crippen molar-refractivity contribution in [3.8, 4) is 10.6 Å². The summed E-state index contributed by atoms with van der Waals surface area (Å²) in [6, 6.07) is 7.26. The Balaban J connectivity index is 1.81. The number of rotatable bonds is 6. The molecule has 8 heteroatoms. The fourth-order valence-electron chi connectivity index (χ4n) is 3.13. The minimum absolute atomic E-state index is 0.172. The number of amides is 1. The van der Waals surface area contributed by atoms with Gasteiger partial charge in [0.15, 0.2) is 12.0 Å². The Morgan fingerprint density at radius 3 is 2.84 bits per heavy atom. The van der Waals surface area contributed by atoms with Crippen LogP contribution in [0.2, 0.25) is 0 Å². The molecular weight excluding hydrogens is 342 g/mol. The first-order chi connectivity index (χ1) is 12.2. The Morgan fingerprint density at radius 1 is 1.36 bits per heavy atom. The molecule has 1 unspecified atom stereocenters. The van der Waals surface area contributed by atoms with E-state index in [4.69, 9.17) is 13.9 Å². The average Bonchev–Trinajstić information content (AvgIpc) is 3.40. The summed E-state index contributed by atoms with van der Waals surface area (Å²) in [5.41, 5.74) is 2.08. The molecule has 0 spiro atoms. The van der Waals surface area contributed by atoms with Crippen molar-refractivity contribution in [2.24, 2.45) is 0 Å². The van der Waals surface area contributed by atoms with Crippen LogP contribution in [-0.4, -0.2) is 48.1 Å². The minimum atomic E-state index is -0.528. The van der Waals surface area contributed by atoms with Crippen molar-refractivity contribution in [1.29, 1.82) is 0 Å². The van der Waals surface area contributed by atoms with E-state index < -0.39 is 6.29 Å². The molecule has 0 bridgehead atoms. The molecule has 3 aromatic heterocycles. The molecule has 0 radical (unpaired) electrons. The highest BCUT2D eigenvalue weighted by atomic mass is 32.1. The molecule has 1 atom stereocenters. The summed E-state index contributed by atoms with van der Waals surface area (Å²) < 4.78 is 16.2. The number of nitrogens with zero attached hydrogens (tertiary/aromatic N) is 2. The van der Waals surface area contributed by atoms with Crippen LogP contribution in [0, 0.1) is 0 Å². The highest BCUT2D eigenvalue weighted by molar-refractivity contribution is 7.13. The van der Waals surface area contributed by atoms with E-state index in [1.165, 1.54) is 0 Å². The van der Waals surface area contributed by atoms with E-state index in [1.54, 1.807) is 36.7 Å². The van der Waals surface area contributed by atoms with Crippen molar-refractivity contribution < 1.29 is 18.7 Å². The molecule has 0 aliphatic carbocycles.